The molecule has 2 nitrogen and oxygen atoms in total. The van der Waals surface area contributed by atoms with Gasteiger partial charge in [-0.2, -0.15) is 0 Å². The van der Waals surface area contributed by atoms with Crippen LogP contribution in [0.3, 0.4) is 0 Å². The van der Waals surface area contributed by atoms with Gasteiger partial charge in [-0.25, -0.2) is 0 Å². The predicted octanol–water partition coefficient (Wildman–Crippen LogP) is 3.46. The highest BCUT2D eigenvalue weighted by atomic mass is 35.5. The summed E-state index contributed by atoms with van der Waals surface area (Å²) in [6.45, 7) is 2.84. The van der Waals surface area contributed by atoms with E-state index in [9.17, 15) is 0 Å². The van der Waals surface area contributed by atoms with Crippen LogP contribution >= 0.6 is 11.6 Å². The standard InChI is InChI=1S/C14H17ClO2/c1-3-4-10-17-14-8-7-13(16-2)11-12(14)6-5-9-15/h7-8,11H,3-4,9-10H2,1-2H3. The van der Waals surface area contributed by atoms with Crippen molar-refractivity contribution in [1.29, 1.82) is 0 Å². The molecule has 1 aromatic carbocycles. The molecule has 0 aliphatic rings. The van der Waals surface area contributed by atoms with E-state index in [0.717, 1.165) is 29.9 Å². The third kappa shape index (κ3) is 4.58. The van der Waals surface area contributed by atoms with Crippen molar-refractivity contribution < 1.29 is 9.47 Å². The van der Waals surface area contributed by atoms with Crippen LogP contribution in [0.15, 0.2) is 18.2 Å². The van der Waals surface area contributed by atoms with Crippen LogP contribution in [0, 0.1) is 11.8 Å². The summed E-state index contributed by atoms with van der Waals surface area (Å²) >= 11 is 5.56. The zero-order valence-corrected chi connectivity index (χ0v) is 11.0. The fraction of sp³-hybridized carbons (Fsp3) is 0.429. The SMILES string of the molecule is CCCCOc1ccc(OC)cc1C#CCCl. The molecule has 0 radical (unpaired) electrons. The number of unbranched alkanes of at least 4 members (excludes halogenated alkanes) is 1. The first kappa shape index (κ1) is 13.7. The molecule has 0 atom stereocenters. The van der Waals surface area contributed by atoms with Gasteiger partial charge in [0.15, 0.2) is 0 Å². The van der Waals surface area contributed by atoms with Crippen LogP contribution < -0.4 is 9.47 Å². The molecule has 0 heterocycles. The van der Waals surface area contributed by atoms with Gasteiger partial charge in [0, 0.05) is 0 Å². The number of rotatable bonds is 5. The van der Waals surface area contributed by atoms with Crippen LogP contribution in [0.25, 0.3) is 0 Å². The topological polar surface area (TPSA) is 18.5 Å². The lowest BCUT2D eigenvalue weighted by atomic mass is 10.2. The van der Waals surface area contributed by atoms with Gasteiger partial charge in [-0.1, -0.05) is 25.2 Å². The van der Waals surface area contributed by atoms with Gasteiger partial charge in [0.1, 0.15) is 11.5 Å². The number of hydrogen-bond donors (Lipinski definition) is 0. The molecule has 0 amide bonds. The Kier molecular flexibility index (Phi) is 6.35. The van der Waals surface area contributed by atoms with Crippen molar-refractivity contribution >= 4 is 11.6 Å². The van der Waals surface area contributed by atoms with Crippen molar-refractivity contribution in [2.75, 3.05) is 19.6 Å². The predicted molar refractivity (Wildman–Crippen MR) is 71.0 cm³/mol. The summed E-state index contributed by atoms with van der Waals surface area (Å²) in [5.74, 6) is 7.67. The lowest BCUT2D eigenvalue weighted by molar-refractivity contribution is 0.308. The van der Waals surface area contributed by atoms with Gasteiger partial charge in [0.05, 0.1) is 25.2 Å². The summed E-state index contributed by atoms with van der Waals surface area (Å²) in [5.41, 5.74) is 0.820. The number of hydrogen-bond acceptors (Lipinski definition) is 2. The zero-order chi connectivity index (χ0) is 12.5. The molecule has 0 bridgehead atoms. The second kappa shape index (κ2) is 7.86. The molecule has 0 saturated carbocycles. The number of halogens is 1. The summed E-state index contributed by atoms with van der Waals surface area (Å²) in [6.07, 6.45) is 2.15. The van der Waals surface area contributed by atoms with Gasteiger partial charge < -0.3 is 9.47 Å². The number of alkyl halides is 1. The van der Waals surface area contributed by atoms with E-state index < -0.39 is 0 Å². The van der Waals surface area contributed by atoms with Gasteiger partial charge in [-0.3, -0.25) is 0 Å². The van der Waals surface area contributed by atoms with Crippen molar-refractivity contribution in [3.05, 3.63) is 23.8 Å². The highest BCUT2D eigenvalue weighted by Gasteiger charge is 2.03. The molecule has 0 aliphatic carbocycles. The highest BCUT2D eigenvalue weighted by molar-refractivity contribution is 6.19. The van der Waals surface area contributed by atoms with Crippen molar-refractivity contribution in [3.8, 4) is 23.3 Å². The van der Waals surface area contributed by atoms with E-state index in [4.69, 9.17) is 21.1 Å². The first-order valence-corrected chi connectivity index (χ1v) is 6.21. The third-order valence-corrected chi connectivity index (χ3v) is 2.37. The summed E-state index contributed by atoms with van der Waals surface area (Å²) in [5, 5.41) is 0. The minimum absolute atomic E-state index is 0.311. The van der Waals surface area contributed by atoms with Crippen LogP contribution in [0.4, 0.5) is 0 Å². The molecular formula is C14H17ClO2. The Hall–Kier alpha value is -1.33. The molecule has 0 fully saturated rings. The zero-order valence-electron chi connectivity index (χ0n) is 10.3. The van der Waals surface area contributed by atoms with Gasteiger partial charge in [0.25, 0.3) is 0 Å². The fourth-order valence-corrected chi connectivity index (χ4v) is 1.38. The Morgan fingerprint density at radius 2 is 2.18 bits per heavy atom. The van der Waals surface area contributed by atoms with Crippen LogP contribution in [-0.4, -0.2) is 19.6 Å². The minimum Gasteiger partial charge on any atom is -0.497 e. The maximum absolute atomic E-state index is 5.67. The first-order valence-electron chi connectivity index (χ1n) is 5.67. The molecular weight excluding hydrogens is 236 g/mol. The smallest absolute Gasteiger partial charge is 0.135 e. The lowest BCUT2D eigenvalue weighted by Gasteiger charge is -2.09. The fourth-order valence-electron chi connectivity index (χ4n) is 1.31. The first-order chi connectivity index (χ1) is 8.31. The Morgan fingerprint density at radius 1 is 1.35 bits per heavy atom. The minimum atomic E-state index is 0.311. The number of benzene rings is 1. The van der Waals surface area contributed by atoms with Crippen molar-refractivity contribution in [2.45, 2.75) is 19.8 Å². The van der Waals surface area contributed by atoms with Crippen LogP contribution in [0.5, 0.6) is 11.5 Å². The summed E-state index contributed by atoms with van der Waals surface area (Å²) in [6, 6.07) is 5.61. The van der Waals surface area contributed by atoms with E-state index in [-0.39, 0.29) is 0 Å². The van der Waals surface area contributed by atoms with E-state index in [0.29, 0.717) is 12.5 Å². The van der Waals surface area contributed by atoms with Crippen LogP contribution in [0.2, 0.25) is 0 Å². The van der Waals surface area contributed by atoms with E-state index in [1.807, 2.05) is 18.2 Å². The Bertz CT molecular complexity index is 404. The molecule has 92 valence electrons. The maximum Gasteiger partial charge on any atom is 0.135 e. The van der Waals surface area contributed by atoms with Gasteiger partial charge in [-0.15, -0.1) is 11.6 Å². The lowest BCUT2D eigenvalue weighted by Crippen LogP contribution is -1.98. The Labute approximate surface area is 108 Å². The Morgan fingerprint density at radius 3 is 2.82 bits per heavy atom. The number of ether oxygens (including phenoxy) is 2. The van der Waals surface area contributed by atoms with E-state index >= 15 is 0 Å². The van der Waals surface area contributed by atoms with E-state index in [1.54, 1.807) is 7.11 Å². The van der Waals surface area contributed by atoms with Gasteiger partial charge in [-0.05, 0) is 24.6 Å². The monoisotopic (exact) mass is 252 g/mol. The molecule has 0 saturated heterocycles. The molecule has 3 heteroatoms. The number of methoxy groups -OCH3 is 1. The van der Waals surface area contributed by atoms with Gasteiger partial charge in [0.2, 0.25) is 0 Å². The van der Waals surface area contributed by atoms with Crippen LogP contribution in [0.1, 0.15) is 25.3 Å². The molecule has 1 aromatic rings. The molecule has 0 N–H and O–H groups in total. The van der Waals surface area contributed by atoms with Gasteiger partial charge >= 0.3 is 0 Å². The van der Waals surface area contributed by atoms with E-state index in [1.165, 1.54) is 0 Å². The summed E-state index contributed by atoms with van der Waals surface area (Å²) in [7, 11) is 1.63. The Balaban J connectivity index is 2.86. The maximum atomic E-state index is 5.67. The molecule has 0 spiro atoms. The average Bonchev–Trinajstić information content (AvgIpc) is 2.37. The molecule has 1 rings (SSSR count). The molecule has 0 unspecified atom stereocenters. The van der Waals surface area contributed by atoms with Crippen molar-refractivity contribution in [1.82, 2.24) is 0 Å². The second-order valence-electron chi connectivity index (χ2n) is 3.50. The normalized spacial score (nSPS) is 9.35. The van der Waals surface area contributed by atoms with Crippen molar-refractivity contribution in [3.63, 3.8) is 0 Å². The highest BCUT2D eigenvalue weighted by Crippen LogP contribution is 2.23. The average molecular weight is 253 g/mol. The third-order valence-electron chi connectivity index (χ3n) is 2.23. The summed E-state index contributed by atoms with van der Waals surface area (Å²) < 4.78 is 10.8. The quantitative estimate of drug-likeness (QED) is 0.454. The van der Waals surface area contributed by atoms with Crippen LogP contribution in [-0.2, 0) is 0 Å². The molecule has 0 aliphatic heterocycles. The summed E-state index contributed by atoms with van der Waals surface area (Å²) in [4.78, 5) is 0. The molecule has 17 heavy (non-hydrogen) atoms. The largest absolute Gasteiger partial charge is 0.497 e. The van der Waals surface area contributed by atoms with E-state index in [2.05, 4.69) is 18.8 Å². The molecule has 0 aromatic heterocycles. The van der Waals surface area contributed by atoms with Crippen molar-refractivity contribution in [2.24, 2.45) is 0 Å². The second-order valence-corrected chi connectivity index (χ2v) is 3.77.